The first-order valence-electron chi connectivity index (χ1n) is 10.5. The molecular formula is C23H26N6O3. The first-order valence-corrected chi connectivity index (χ1v) is 10.5. The maximum absolute atomic E-state index is 12.6. The number of likely N-dealkylation sites (tertiary alicyclic amines) is 1. The highest BCUT2D eigenvalue weighted by molar-refractivity contribution is 6.10. The molecule has 3 aromatic rings. The molecular weight excluding hydrogens is 408 g/mol. The number of piperidine rings is 1. The van der Waals surface area contributed by atoms with E-state index in [9.17, 15) is 9.59 Å². The zero-order valence-electron chi connectivity index (χ0n) is 17.9. The summed E-state index contributed by atoms with van der Waals surface area (Å²) in [6.45, 7) is 2.89. The van der Waals surface area contributed by atoms with Crippen LogP contribution < -0.4 is 11.1 Å². The molecule has 1 saturated heterocycles. The summed E-state index contributed by atoms with van der Waals surface area (Å²) in [5, 5.41) is 4.23. The fourth-order valence-electron chi connectivity index (χ4n) is 3.82. The molecule has 4 rings (SSSR count). The van der Waals surface area contributed by atoms with Crippen molar-refractivity contribution in [3.8, 4) is 0 Å². The highest BCUT2D eigenvalue weighted by Gasteiger charge is 2.27. The minimum absolute atomic E-state index is 0.0528. The maximum Gasteiger partial charge on any atom is 0.410 e. The van der Waals surface area contributed by atoms with Crippen LogP contribution in [0.2, 0.25) is 0 Å². The van der Waals surface area contributed by atoms with Gasteiger partial charge in [-0.1, -0.05) is 30.3 Å². The number of nitrogens with zero attached hydrogens (tertiary/aromatic N) is 3. The van der Waals surface area contributed by atoms with Crippen LogP contribution in [0.1, 0.15) is 35.7 Å². The van der Waals surface area contributed by atoms with E-state index < -0.39 is 5.91 Å². The monoisotopic (exact) mass is 434 g/mol. The van der Waals surface area contributed by atoms with E-state index in [2.05, 4.69) is 20.3 Å². The summed E-state index contributed by atoms with van der Waals surface area (Å²) in [6.07, 6.45) is 4.58. The smallest absolute Gasteiger partial charge is 0.410 e. The molecule has 3 heterocycles. The first kappa shape index (κ1) is 21.4. The quantitative estimate of drug-likeness (QED) is 0.418. The summed E-state index contributed by atoms with van der Waals surface area (Å²) >= 11 is 0. The molecule has 2 amide bonds. The van der Waals surface area contributed by atoms with Gasteiger partial charge in [-0.2, -0.15) is 4.99 Å². The van der Waals surface area contributed by atoms with Crippen molar-refractivity contribution in [2.45, 2.75) is 32.4 Å². The molecule has 0 unspecified atom stereocenters. The summed E-state index contributed by atoms with van der Waals surface area (Å²) in [5.41, 5.74) is 8.18. The number of fused-ring (bicyclic) bond motifs is 1. The Kier molecular flexibility index (Phi) is 6.34. The minimum atomic E-state index is -0.460. The number of pyridine rings is 1. The summed E-state index contributed by atoms with van der Waals surface area (Å²) < 4.78 is 5.49. The average Bonchev–Trinajstić information content (AvgIpc) is 3.27. The summed E-state index contributed by atoms with van der Waals surface area (Å²) in [4.78, 5) is 38.2. The number of amidine groups is 1. The molecule has 1 aliphatic heterocycles. The molecule has 0 spiro atoms. The van der Waals surface area contributed by atoms with Gasteiger partial charge >= 0.3 is 6.09 Å². The number of amides is 2. The van der Waals surface area contributed by atoms with Gasteiger partial charge in [-0.3, -0.25) is 4.79 Å². The van der Waals surface area contributed by atoms with E-state index in [1.54, 1.807) is 18.0 Å². The third-order valence-electron chi connectivity index (χ3n) is 5.33. The number of carbonyl (C=O) groups excluding carboxylic acids is 2. The molecule has 0 radical (unpaired) electrons. The van der Waals surface area contributed by atoms with Crippen LogP contribution in [0.5, 0.6) is 0 Å². The molecule has 1 aromatic carbocycles. The molecule has 32 heavy (non-hydrogen) atoms. The Morgan fingerprint density at radius 2 is 2.12 bits per heavy atom. The SMILES string of the molecule is C/C(N)=N\C(=O)c1cnc2[nH]ccc2c1N[C@@H]1CCCN(C(=O)OCc2ccccc2)C1. The van der Waals surface area contributed by atoms with Crippen molar-refractivity contribution < 1.29 is 14.3 Å². The molecule has 1 fully saturated rings. The lowest BCUT2D eigenvalue weighted by Gasteiger charge is -2.33. The van der Waals surface area contributed by atoms with Gasteiger partial charge in [0.2, 0.25) is 0 Å². The maximum atomic E-state index is 12.6. The molecule has 0 bridgehead atoms. The van der Waals surface area contributed by atoms with Crippen LogP contribution in [0, 0.1) is 0 Å². The molecule has 0 aliphatic carbocycles. The van der Waals surface area contributed by atoms with E-state index in [-0.39, 0.29) is 24.6 Å². The van der Waals surface area contributed by atoms with Crippen LogP contribution in [0.4, 0.5) is 10.5 Å². The van der Waals surface area contributed by atoms with Crippen LogP contribution in [-0.2, 0) is 11.3 Å². The standard InChI is InChI=1S/C23H26N6O3/c1-15(24)27-22(30)19-12-26-21-18(9-10-25-21)20(19)28-17-8-5-11-29(13-17)23(31)32-14-16-6-3-2-4-7-16/h2-4,6-7,9-10,12,17H,5,8,11,13-14H2,1H3,(H2,24,27,30)(H2,25,26,28)/t17-/m1/s1. The fraction of sp³-hybridized carbons (Fsp3) is 0.304. The highest BCUT2D eigenvalue weighted by Crippen LogP contribution is 2.28. The third-order valence-corrected chi connectivity index (χ3v) is 5.33. The number of anilines is 1. The normalized spacial score (nSPS) is 16.7. The lowest BCUT2D eigenvalue weighted by atomic mass is 10.0. The minimum Gasteiger partial charge on any atom is -0.445 e. The second kappa shape index (κ2) is 9.51. The number of H-pyrrole nitrogens is 1. The van der Waals surface area contributed by atoms with E-state index in [1.165, 1.54) is 6.20 Å². The Labute approximate surface area is 185 Å². The Morgan fingerprint density at radius 1 is 1.31 bits per heavy atom. The number of ether oxygens (including phenoxy) is 1. The van der Waals surface area contributed by atoms with Gasteiger partial charge < -0.3 is 25.7 Å². The Hall–Kier alpha value is -3.88. The molecule has 9 heteroatoms. The van der Waals surface area contributed by atoms with Gasteiger partial charge in [0, 0.05) is 36.9 Å². The van der Waals surface area contributed by atoms with Gasteiger partial charge in [-0.25, -0.2) is 9.78 Å². The Bertz CT molecular complexity index is 1140. The number of hydrogen-bond acceptors (Lipinski definition) is 5. The topological polar surface area (TPSA) is 126 Å². The number of rotatable bonds is 5. The molecule has 166 valence electrons. The third kappa shape index (κ3) is 4.88. The van der Waals surface area contributed by atoms with Crippen molar-refractivity contribution in [2.24, 2.45) is 10.7 Å². The van der Waals surface area contributed by atoms with Crippen molar-refractivity contribution >= 4 is 34.6 Å². The van der Waals surface area contributed by atoms with Gasteiger partial charge in [-0.05, 0) is 31.4 Å². The number of nitrogens with two attached hydrogens (primary N) is 1. The number of aromatic nitrogens is 2. The molecule has 2 aromatic heterocycles. The van der Waals surface area contributed by atoms with E-state index in [4.69, 9.17) is 10.5 Å². The fourth-order valence-corrected chi connectivity index (χ4v) is 3.82. The summed E-state index contributed by atoms with van der Waals surface area (Å²) in [5.74, 6) is -0.279. The number of hydrogen-bond donors (Lipinski definition) is 3. The number of aliphatic imine (C=N–C) groups is 1. The Balaban J connectivity index is 1.49. The van der Waals surface area contributed by atoms with Crippen LogP contribution >= 0.6 is 0 Å². The second-order valence-corrected chi connectivity index (χ2v) is 7.81. The lowest BCUT2D eigenvalue weighted by molar-refractivity contribution is 0.0873. The molecule has 9 nitrogen and oxygen atoms in total. The van der Waals surface area contributed by atoms with Crippen molar-refractivity contribution in [1.82, 2.24) is 14.9 Å². The van der Waals surface area contributed by atoms with Crippen LogP contribution in [0.15, 0.2) is 53.8 Å². The zero-order valence-corrected chi connectivity index (χ0v) is 17.9. The van der Waals surface area contributed by atoms with Gasteiger partial charge in [0.25, 0.3) is 5.91 Å². The second-order valence-electron chi connectivity index (χ2n) is 7.81. The molecule has 0 saturated carbocycles. The van der Waals surface area contributed by atoms with E-state index in [0.29, 0.717) is 30.0 Å². The highest BCUT2D eigenvalue weighted by atomic mass is 16.6. The van der Waals surface area contributed by atoms with E-state index in [0.717, 1.165) is 23.8 Å². The number of nitrogens with one attached hydrogen (secondary N) is 2. The van der Waals surface area contributed by atoms with Crippen molar-refractivity contribution in [1.29, 1.82) is 0 Å². The molecule has 1 atom stereocenters. The number of carbonyl (C=O) groups is 2. The van der Waals surface area contributed by atoms with Crippen molar-refractivity contribution in [3.05, 3.63) is 59.9 Å². The Morgan fingerprint density at radius 3 is 2.91 bits per heavy atom. The van der Waals surface area contributed by atoms with Gasteiger partial charge in [-0.15, -0.1) is 0 Å². The zero-order chi connectivity index (χ0) is 22.5. The van der Waals surface area contributed by atoms with Gasteiger partial charge in [0.1, 0.15) is 18.1 Å². The number of aromatic amines is 1. The average molecular weight is 435 g/mol. The van der Waals surface area contributed by atoms with E-state index in [1.807, 2.05) is 36.4 Å². The van der Waals surface area contributed by atoms with Crippen LogP contribution in [0.25, 0.3) is 11.0 Å². The summed E-state index contributed by atoms with van der Waals surface area (Å²) in [6, 6.07) is 11.4. The first-order chi connectivity index (χ1) is 15.5. The summed E-state index contributed by atoms with van der Waals surface area (Å²) in [7, 11) is 0. The van der Waals surface area contributed by atoms with E-state index >= 15 is 0 Å². The molecule has 1 aliphatic rings. The predicted octanol–water partition coefficient (Wildman–Crippen LogP) is 3.29. The van der Waals surface area contributed by atoms with Crippen LogP contribution in [-0.4, -0.2) is 51.8 Å². The number of benzene rings is 1. The molecule has 4 N–H and O–H groups in total. The lowest BCUT2D eigenvalue weighted by Crippen LogP contribution is -2.45. The predicted molar refractivity (Wildman–Crippen MR) is 123 cm³/mol. The van der Waals surface area contributed by atoms with Crippen molar-refractivity contribution in [3.63, 3.8) is 0 Å². The van der Waals surface area contributed by atoms with Gasteiger partial charge in [0.05, 0.1) is 11.3 Å². The van der Waals surface area contributed by atoms with Crippen LogP contribution in [0.3, 0.4) is 0 Å². The van der Waals surface area contributed by atoms with Crippen molar-refractivity contribution in [2.75, 3.05) is 18.4 Å². The largest absolute Gasteiger partial charge is 0.445 e. The van der Waals surface area contributed by atoms with Gasteiger partial charge in [0.15, 0.2) is 0 Å².